The zero-order valence-corrected chi connectivity index (χ0v) is 24.8. The maximum Gasteiger partial charge on any atom is 0.318 e. The van der Waals surface area contributed by atoms with Crippen LogP contribution in [0.2, 0.25) is 0 Å². The third-order valence-electron chi connectivity index (χ3n) is 8.28. The van der Waals surface area contributed by atoms with Gasteiger partial charge in [0.15, 0.2) is 0 Å². The first-order chi connectivity index (χ1) is 21.1. The second-order valence-corrected chi connectivity index (χ2v) is 11.9. The number of hydrogen-bond acceptors (Lipinski definition) is 9. The number of aromatic nitrogens is 1. The van der Waals surface area contributed by atoms with E-state index in [1.165, 1.54) is 5.01 Å². The Morgan fingerprint density at radius 2 is 1.82 bits per heavy atom. The maximum absolute atomic E-state index is 13.2. The van der Waals surface area contributed by atoms with Crippen molar-refractivity contribution in [2.75, 3.05) is 26.6 Å². The molecule has 3 amide bonds. The molecule has 3 aliphatic rings. The number of aliphatic hydroxyl groups is 1. The lowest BCUT2D eigenvalue weighted by molar-refractivity contribution is -0.180. The van der Waals surface area contributed by atoms with E-state index in [2.05, 4.69) is 16.1 Å². The van der Waals surface area contributed by atoms with Gasteiger partial charge in [0.05, 0.1) is 30.5 Å². The van der Waals surface area contributed by atoms with Gasteiger partial charge in [-0.3, -0.25) is 29.2 Å². The van der Waals surface area contributed by atoms with Crippen LogP contribution in [0.4, 0.5) is 0 Å². The van der Waals surface area contributed by atoms with Gasteiger partial charge in [-0.1, -0.05) is 30.4 Å². The predicted octanol–water partition coefficient (Wildman–Crippen LogP) is 1.27. The molecule has 13 nitrogen and oxygen atoms in total. The maximum atomic E-state index is 13.2. The number of hydrogen-bond donors (Lipinski definition) is 5. The van der Waals surface area contributed by atoms with Crippen molar-refractivity contribution in [1.29, 1.82) is 0 Å². The smallest absolute Gasteiger partial charge is 0.318 e. The Kier molecular flexibility index (Phi) is 9.59. The van der Waals surface area contributed by atoms with Crippen molar-refractivity contribution in [2.45, 2.75) is 63.8 Å². The highest BCUT2D eigenvalue weighted by Gasteiger charge is 2.39. The molecule has 1 aromatic heterocycles. The molecule has 4 atom stereocenters. The van der Waals surface area contributed by atoms with Crippen molar-refractivity contribution in [3.05, 3.63) is 47.7 Å². The number of fused-ring (bicyclic) bond motifs is 1. The summed E-state index contributed by atoms with van der Waals surface area (Å²) in [5.41, 5.74) is 3.80. The topological polar surface area (TPSA) is 179 Å². The summed E-state index contributed by atoms with van der Waals surface area (Å²) in [5.74, 6) is -2.29. The third-order valence-corrected chi connectivity index (χ3v) is 8.28. The quantitative estimate of drug-likeness (QED) is 0.263. The molecule has 2 aromatic rings. The number of nitrogens with zero attached hydrogens (tertiary/aromatic N) is 2. The van der Waals surface area contributed by atoms with E-state index in [1.807, 2.05) is 37.3 Å². The van der Waals surface area contributed by atoms with Crippen molar-refractivity contribution < 1.29 is 38.9 Å². The van der Waals surface area contributed by atoms with Crippen LogP contribution >= 0.6 is 0 Å². The number of pyridine rings is 1. The number of carboxylic acid groups (broad SMARTS) is 1. The Balaban J connectivity index is 1.20. The fourth-order valence-corrected chi connectivity index (χ4v) is 5.33. The molecule has 0 spiro atoms. The molecule has 236 valence electrons. The number of aliphatic carboxylic acids is 1. The molecule has 0 radical (unpaired) electrons. The molecule has 1 aliphatic carbocycles. The zero-order valence-electron chi connectivity index (χ0n) is 24.8. The molecule has 13 heteroatoms. The summed E-state index contributed by atoms with van der Waals surface area (Å²) in [7, 11) is 0. The summed E-state index contributed by atoms with van der Waals surface area (Å²) in [4.78, 5) is 55.0. The third kappa shape index (κ3) is 7.24. The lowest BCUT2D eigenvalue weighted by Crippen LogP contribution is -2.61. The van der Waals surface area contributed by atoms with E-state index < -0.39 is 41.5 Å². The highest BCUT2D eigenvalue weighted by atomic mass is 16.7. The van der Waals surface area contributed by atoms with Gasteiger partial charge in [0, 0.05) is 11.9 Å². The predicted molar refractivity (Wildman–Crippen MR) is 158 cm³/mol. The van der Waals surface area contributed by atoms with Crippen LogP contribution < -0.4 is 16.1 Å². The number of aliphatic hydroxyl groups excluding tert-OH is 1. The fourth-order valence-electron chi connectivity index (χ4n) is 5.33. The van der Waals surface area contributed by atoms with Gasteiger partial charge >= 0.3 is 5.97 Å². The number of carbonyl (C=O) groups is 4. The Bertz CT molecular complexity index is 1440. The molecule has 3 heterocycles. The first kappa shape index (κ1) is 31.5. The monoisotopic (exact) mass is 609 g/mol. The van der Waals surface area contributed by atoms with Gasteiger partial charge in [0.1, 0.15) is 30.4 Å². The minimum Gasteiger partial charge on any atom is -0.480 e. The van der Waals surface area contributed by atoms with Crippen molar-refractivity contribution in [3.8, 4) is 0 Å². The summed E-state index contributed by atoms with van der Waals surface area (Å²) < 4.78 is 10.5. The summed E-state index contributed by atoms with van der Waals surface area (Å²) in [5, 5.41) is 27.5. The van der Waals surface area contributed by atoms with Crippen LogP contribution in [-0.4, -0.2) is 88.6 Å². The van der Waals surface area contributed by atoms with E-state index >= 15 is 0 Å². The van der Waals surface area contributed by atoms with Gasteiger partial charge in [0.25, 0.3) is 5.91 Å². The minimum atomic E-state index is -1.26. The van der Waals surface area contributed by atoms with Gasteiger partial charge in [-0.15, -0.1) is 0 Å². The minimum absolute atomic E-state index is 0.0217. The van der Waals surface area contributed by atoms with Crippen LogP contribution in [0, 0.1) is 11.3 Å². The number of benzene rings is 1. The molecule has 3 unspecified atom stereocenters. The lowest BCUT2D eigenvalue weighted by atomic mass is 9.88. The summed E-state index contributed by atoms with van der Waals surface area (Å²) in [6.07, 6.45) is 4.92. The standard InChI is InChI=1S/C31H39N5O8/c1-18(32-27(38)24-4-3-13-36(35-24)29(40)19(2)33-28(39)26(37)22-7-8-22)23-10-9-21-6-5-20(14-25(21)34-23)11-12-31(30(41)42)15-43-17-44-16-31/h5-6,9-12,14,18-19,22,24,26,35,37H,3-4,7-8,13,15-17H2,1-2H3,(H,32,38)(H,33,39)(H,41,42)/b12-11+/t18?,19?,24-,26?/m0/s1. The normalized spacial score (nSPS) is 22.2. The zero-order chi connectivity index (χ0) is 31.4. The van der Waals surface area contributed by atoms with Gasteiger partial charge in [0.2, 0.25) is 11.8 Å². The molecule has 0 bridgehead atoms. The highest BCUT2D eigenvalue weighted by molar-refractivity contribution is 5.90. The van der Waals surface area contributed by atoms with Crippen LogP contribution in [0.5, 0.6) is 0 Å². The number of nitrogens with one attached hydrogen (secondary N) is 3. The SMILES string of the molecule is CC(NC(=O)C(O)C1CC1)C(=O)N1CCC[C@@H](C(=O)NC(C)c2ccc3ccc(/C=C/C4(C(=O)O)COCOC4)cc3n2)N1. The van der Waals surface area contributed by atoms with Crippen molar-refractivity contribution in [2.24, 2.45) is 11.3 Å². The van der Waals surface area contributed by atoms with E-state index in [1.54, 1.807) is 19.1 Å². The van der Waals surface area contributed by atoms with E-state index in [9.17, 15) is 29.4 Å². The molecule has 1 aromatic carbocycles. The Morgan fingerprint density at radius 3 is 2.52 bits per heavy atom. The number of rotatable bonds is 10. The average molecular weight is 610 g/mol. The van der Waals surface area contributed by atoms with E-state index in [0.29, 0.717) is 30.6 Å². The van der Waals surface area contributed by atoms with E-state index in [4.69, 9.17) is 14.5 Å². The van der Waals surface area contributed by atoms with Crippen LogP contribution in [0.25, 0.3) is 17.0 Å². The Labute approximate surface area is 254 Å². The fraction of sp³-hybridized carbons (Fsp3) is 0.516. The number of ether oxygens (including phenoxy) is 2. The number of carbonyl (C=O) groups excluding carboxylic acids is 3. The van der Waals surface area contributed by atoms with Crippen LogP contribution in [0.3, 0.4) is 0 Å². The number of carboxylic acids is 1. The van der Waals surface area contributed by atoms with E-state index in [-0.39, 0.29) is 37.7 Å². The second kappa shape index (κ2) is 13.4. The van der Waals surface area contributed by atoms with Crippen LogP contribution in [0.1, 0.15) is 56.8 Å². The molecule has 1 saturated carbocycles. The first-order valence-electron chi connectivity index (χ1n) is 14.9. The van der Waals surface area contributed by atoms with Gasteiger partial charge in [-0.05, 0) is 63.1 Å². The molecule has 3 fully saturated rings. The van der Waals surface area contributed by atoms with Crippen LogP contribution in [-0.2, 0) is 28.7 Å². The van der Waals surface area contributed by atoms with Crippen LogP contribution in [0.15, 0.2) is 36.4 Å². The Morgan fingerprint density at radius 1 is 1.09 bits per heavy atom. The van der Waals surface area contributed by atoms with Gasteiger partial charge in [-0.25, -0.2) is 5.43 Å². The second-order valence-electron chi connectivity index (χ2n) is 11.9. The number of hydrazine groups is 1. The van der Waals surface area contributed by atoms with Gasteiger partial charge in [-0.2, -0.15) is 0 Å². The van der Waals surface area contributed by atoms with E-state index in [0.717, 1.165) is 23.8 Å². The van der Waals surface area contributed by atoms with Crippen molar-refractivity contribution >= 4 is 40.7 Å². The molecule has 2 saturated heterocycles. The molecule has 2 aliphatic heterocycles. The highest BCUT2D eigenvalue weighted by Crippen LogP contribution is 2.32. The Hall–Kier alpha value is -3.91. The molecule has 5 N–H and O–H groups in total. The number of amides is 3. The van der Waals surface area contributed by atoms with Gasteiger partial charge < -0.3 is 30.3 Å². The molecule has 44 heavy (non-hydrogen) atoms. The summed E-state index contributed by atoms with van der Waals surface area (Å²) in [6.45, 7) is 3.88. The molecular formula is C31H39N5O8. The molecule has 5 rings (SSSR count). The summed E-state index contributed by atoms with van der Waals surface area (Å²) in [6, 6.07) is 7.41. The van der Waals surface area contributed by atoms with Crippen molar-refractivity contribution in [1.82, 2.24) is 26.1 Å². The average Bonchev–Trinajstić information content (AvgIpc) is 3.89. The van der Waals surface area contributed by atoms with Crippen molar-refractivity contribution in [3.63, 3.8) is 0 Å². The first-order valence-corrected chi connectivity index (χ1v) is 14.9. The largest absolute Gasteiger partial charge is 0.480 e. The molecular weight excluding hydrogens is 570 g/mol. The summed E-state index contributed by atoms with van der Waals surface area (Å²) >= 11 is 0. The lowest BCUT2D eigenvalue weighted by Gasteiger charge is -2.35.